The zero-order chi connectivity index (χ0) is 15.7. The van der Waals surface area contributed by atoms with Crippen LogP contribution >= 0.6 is 0 Å². The summed E-state index contributed by atoms with van der Waals surface area (Å²) in [7, 11) is 0. The molecule has 0 aliphatic heterocycles. The quantitative estimate of drug-likeness (QED) is 0.940. The van der Waals surface area contributed by atoms with Gasteiger partial charge in [-0.15, -0.1) is 0 Å². The number of hydrogen-bond acceptors (Lipinski definition) is 4. The Balaban J connectivity index is 2.16. The van der Waals surface area contributed by atoms with E-state index < -0.39 is 12.0 Å². The monoisotopic (exact) mass is 300 g/mol. The Morgan fingerprint density at radius 2 is 2.27 bits per heavy atom. The van der Waals surface area contributed by atoms with Crippen molar-refractivity contribution < 1.29 is 14.3 Å². The fraction of sp³-hybridized carbons (Fsp3) is 0.353. The minimum absolute atomic E-state index is 0.282. The first-order chi connectivity index (χ1) is 10.6. The van der Waals surface area contributed by atoms with Gasteiger partial charge >= 0.3 is 0 Å². The molecule has 5 heteroatoms. The molecule has 0 fully saturated rings. The van der Waals surface area contributed by atoms with Gasteiger partial charge in [-0.25, -0.2) is 14.4 Å². The van der Waals surface area contributed by atoms with Gasteiger partial charge in [0.05, 0.1) is 5.41 Å². The second-order valence-corrected chi connectivity index (χ2v) is 5.75. The number of fused-ring (bicyclic) bond motifs is 1. The molecule has 1 unspecified atom stereocenters. The molecule has 1 aliphatic carbocycles. The van der Waals surface area contributed by atoms with E-state index in [1.165, 1.54) is 12.4 Å². The van der Waals surface area contributed by atoms with Crippen molar-refractivity contribution in [1.82, 2.24) is 9.97 Å². The van der Waals surface area contributed by atoms with E-state index in [1.54, 1.807) is 25.3 Å². The number of nitrogens with zero attached hydrogens (tertiary/aromatic N) is 2. The summed E-state index contributed by atoms with van der Waals surface area (Å²) in [6.45, 7) is 1.12. The van der Waals surface area contributed by atoms with Gasteiger partial charge in [0.15, 0.2) is 5.78 Å². The highest BCUT2D eigenvalue weighted by Crippen LogP contribution is 2.40. The molecule has 3 rings (SSSR count). The first kappa shape index (κ1) is 14.8. The minimum Gasteiger partial charge on any atom is -0.389 e. The highest BCUT2D eigenvalue weighted by Gasteiger charge is 2.43. The second kappa shape index (κ2) is 5.57. The van der Waals surface area contributed by atoms with E-state index in [2.05, 4.69) is 9.97 Å². The lowest BCUT2D eigenvalue weighted by molar-refractivity contribution is -0.128. The first-order valence-corrected chi connectivity index (χ1v) is 7.26. The number of carbonyl (C=O) groups excluding carboxylic acids is 1. The molecule has 1 aromatic carbocycles. The van der Waals surface area contributed by atoms with Crippen LogP contribution < -0.4 is 0 Å². The van der Waals surface area contributed by atoms with Gasteiger partial charge in [0, 0.05) is 11.9 Å². The lowest BCUT2D eigenvalue weighted by atomic mass is 9.65. The predicted octanol–water partition coefficient (Wildman–Crippen LogP) is 1.91. The molecule has 1 N–H and O–H groups in total. The smallest absolute Gasteiger partial charge is 0.169 e. The lowest BCUT2D eigenvalue weighted by Gasteiger charge is -2.37. The van der Waals surface area contributed by atoms with Crippen molar-refractivity contribution in [3.05, 3.63) is 58.9 Å². The van der Waals surface area contributed by atoms with Crippen molar-refractivity contribution in [3.63, 3.8) is 0 Å². The summed E-state index contributed by atoms with van der Waals surface area (Å²) < 4.78 is 14.0. The Labute approximate surface area is 128 Å². The highest BCUT2D eigenvalue weighted by atomic mass is 19.1. The number of aliphatic hydroxyl groups excluding tert-OH is 1. The van der Waals surface area contributed by atoms with Gasteiger partial charge in [0.1, 0.15) is 18.8 Å². The molecular weight excluding hydrogens is 283 g/mol. The molecule has 4 nitrogen and oxygen atoms in total. The molecule has 0 saturated heterocycles. The first-order valence-electron chi connectivity index (χ1n) is 7.26. The predicted molar refractivity (Wildman–Crippen MR) is 79.0 cm³/mol. The van der Waals surface area contributed by atoms with Crippen molar-refractivity contribution in [2.45, 2.75) is 31.6 Å². The van der Waals surface area contributed by atoms with E-state index in [0.29, 0.717) is 30.4 Å². The summed E-state index contributed by atoms with van der Waals surface area (Å²) in [5.41, 5.74) is 2.02. The summed E-state index contributed by atoms with van der Waals surface area (Å²) in [6, 6.07) is 4.78. The van der Waals surface area contributed by atoms with Crippen molar-refractivity contribution in [1.29, 1.82) is 0 Å². The number of ketones is 1. The summed E-state index contributed by atoms with van der Waals surface area (Å²) >= 11 is 0. The van der Waals surface area contributed by atoms with Gasteiger partial charge in [-0.1, -0.05) is 12.1 Å². The number of hydrogen-bond donors (Lipinski definition) is 1. The Bertz CT molecular complexity index is 732. The van der Waals surface area contributed by atoms with Gasteiger partial charge in [-0.2, -0.15) is 0 Å². The fourth-order valence-corrected chi connectivity index (χ4v) is 3.40. The Hall–Kier alpha value is -2.14. The number of halogens is 1. The summed E-state index contributed by atoms with van der Waals surface area (Å²) in [5.74, 6) is -0.617. The Morgan fingerprint density at radius 1 is 1.45 bits per heavy atom. The molecule has 0 radical (unpaired) electrons. The third-order valence-electron chi connectivity index (χ3n) is 4.62. The zero-order valence-corrected chi connectivity index (χ0v) is 12.3. The number of rotatable bonds is 3. The summed E-state index contributed by atoms with van der Waals surface area (Å²) in [5, 5.41) is 9.45. The third kappa shape index (κ3) is 2.22. The second-order valence-electron chi connectivity index (χ2n) is 5.75. The van der Waals surface area contributed by atoms with Crippen molar-refractivity contribution in [2.75, 3.05) is 6.61 Å². The van der Waals surface area contributed by atoms with E-state index in [-0.39, 0.29) is 11.6 Å². The maximum absolute atomic E-state index is 14.0. The van der Waals surface area contributed by atoms with Crippen molar-refractivity contribution >= 4 is 5.78 Å². The van der Waals surface area contributed by atoms with Crippen LogP contribution in [0.3, 0.4) is 0 Å². The number of aliphatic hydroxyl groups is 1. The van der Waals surface area contributed by atoms with Crippen LogP contribution in [-0.2, 0) is 23.1 Å². The molecule has 1 aromatic heterocycles. The standard InChI is InChI=1S/C17H17FN2O2/c1-11-13(3-2-4-14(11)18)17(16(22)9-21)6-5-15-12(7-17)8-19-10-20-15/h2-4,8,10,21H,5-7,9H2,1H3. The van der Waals surface area contributed by atoms with E-state index in [9.17, 15) is 14.3 Å². The number of benzene rings is 1. The maximum Gasteiger partial charge on any atom is 0.169 e. The largest absolute Gasteiger partial charge is 0.389 e. The van der Waals surface area contributed by atoms with Gasteiger partial charge in [0.25, 0.3) is 0 Å². The number of carbonyl (C=O) groups is 1. The molecule has 114 valence electrons. The highest BCUT2D eigenvalue weighted by molar-refractivity contribution is 5.92. The SMILES string of the molecule is Cc1c(F)cccc1C1(C(=O)CO)CCc2ncncc2C1. The van der Waals surface area contributed by atoms with Crippen molar-refractivity contribution in [3.8, 4) is 0 Å². The number of Topliss-reactive ketones (excluding diaryl/α,β-unsaturated/α-hetero) is 1. The van der Waals surface area contributed by atoms with Gasteiger partial charge in [-0.3, -0.25) is 4.79 Å². The van der Waals surface area contributed by atoms with E-state index in [1.807, 2.05) is 0 Å². The van der Waals surface area contributed by atoms with Gasteiger partial charge < -0.3 is 5.11 Å². The van der Waals surface area contributed by atoms with Crippen LogP contribution in [0.25, 0.3) is 0 Å². The van der Waals surface area contributed by atoms with Crippen LogP contribution in [0.2, 0.25) is 0 Å². The molecule has 22 heavy (non-hydrogen) atoms. The van der Waals surface area contributed by atoms with E-state index in [4.69, 9.17) is 0 Å². The topological polar surface area (TPSA) is 63.1 Å². The zero-order valence-electron chi connectivity index (χ0n) is 12.3. The molecular formula is C17H17FN2O2. The van der Waals surface area contributed by atoms with E-state index in [0.717, 1.165) is 11.3 Å². The van der Waals surface area contributed by atoms with Crippen LogP contribution in [0.4, 0.5) is 4.39 Å². The molecule has 0 spiro atoms. The minimum atomic E-state index is -0.904. The molecule has 1 atom stereocenters. The molecule has 1 aliphatic rings. The normalized spacial score (nSPS) is 20.5. The lowest BCUT2D eigenvalue weighted by Crippen LogP contribution is -2.44. The number of aryl methyl sites for hydroxylation is 1. The molecule has 0 bridgehead atoms. The molecule has 1 heterocycles. The Morgan fingerprint density at radius 3 is 3.05 bits per heavy atom. The summed E-state index contributed by atoms with van der Waals surface area (Å²) in [4.78, 5) is 20.8. The Kier molecular flexibility index (Phi) is 3.74. The van der Waals surface area contributed by atoms with Crippen molar-refractivity contribution in [2.24, 2.45) is 0 Å². The van der Waals surface area contributed by atoms with Crippen LogP contribution in [0, 0.1) is 12.7 Å². The molecule has 0 saturated carbocycles. The molecule has 2 aromatic rings. The fourth-order valence-electron chi connectivity index (χ4n) is 3.40. The van der Waals surface area contributed by atoms with Gasteiger partial charge in [-0.05, 0) is 48.9 Å². The third-order valence-corrected chi connectivity index (χ3v) is 4.62. The van der Waals surface area contributed by atoms with E-state index >= 15 is 0 Å². The average molecular weight is 300 g/mol. The van der Waals surface area contributed by atoms with Crippen LogP contribution in [-0.4, -0.2) is 27.5 Å². The number of aromatic nitrogens is 2. The maximum atomic E-state index is 14.0. The average Bonchev–Trinajstić information content (AvgIpc) is 2.56. The van der Waals surface area contributed by atoms with Crippen LogP contribution in [0.1, 0.15) is 28.8 Å². The van der Waals surface area contributed by atoms with Gasteiger partial charge in [0.2, 0.25) is 0 Å². The molecule has 0 amide bonds. The van der Waals surface area contributed by atoms with Crippen LogP contribution in [0.15, 0.2) is 30.7 Å². The van der Waals surface area contributed by atoms with Crippen LogP contribution in [0.5, 0.6) is 0 Å². The summed E-state index contributed by atoms with van der Waals surface area (Å²) in [6.07, 6.45) is 4.72.